The number of halogens is 1. The van der Waals surface area contributed by atoms with Crippen LogP contribution in [0.4, 0.5) is 4.39 Å². The fourth-order valence-electron chi connectivity index (χ4n) is 2.65. The zero-order chi connectivity index (χ0) is 13.9. The van der Waals surface area contributed by atoms with Gasteiger partial charge in [0.05, 0.1) is 12.4 Å². The minimum atomic E-state index is -3.52. The maximum absolute atomic E-state index is 12.8. The predicted molar refractivity (Wildman–Crippen MR) is 70.8 cm³/mol. The molecule has 1 aromatic rings. The van der Waals surface area contributed by atoms with E-state index in [2.05, 4.69) is 0 Å². The van der Waals surface area contributed by atoms with Crippen molar-refractivity contribution >= 4 is 10.0 Å². The van der Waals surface area contributed by atoms with Crippen LogP contribution in [0.15, 0.2) is 24.3 Å². The van der Waals surface area contributed by atoms with Crippen molar-refractivity contribution in [3.63, 3.8) is 0 Å². The van der Waals surface area contributed by atoms with E-state index in [1.807, 2.05) is 0 Å². The van der Waals surface area contributed by atoms with Crippen LogP contribution >= 0.6 is 0 Å². The van der Waals surface area contributed by atoms with Gasteiger partial charge in [-0.1, -0.05) is 12.8 Å². The molecule has 2 rings (SSSR count). The van der Waals surface area contributed by atoms with Gasteiger partial charge >= 0.3 is 0 Å². The number of ether oxygens (including phenoxy) is 1. The lowest BCUT2D eigenvalue weighted by atomic mass is 9.90. The first kappa shape index (κ1) is 14.3. The molecular weight excluding hydrogens is 269 g/mol. The summed E-state index contributed by atoms with van der Waals surface area (Å²) in [7, 11) is -3.52. The normalized spacial score (nSPS) is 18.4. The molecule has 0 unspecified atom stereocenters. The van der Waals surface area contributed by atoms with Gasteiger partial charge in [0.1, 0.15) is 11.6 Å². The van der Waals surface area contributed by atoms with Gasteiger partial charge in [0.15, 0.2) is 0 Å². The highest BCUT2D eigenvalue weighted by atomic mass is 32.2. The topological polar surface area (TPSA) is 69.4 Å². The van der Waals surface area contributed by atoms with Gasteiger partial charge in [0, 0.05) is 5.41 Å². The molecule has 0 heterocycles. The number of primary sulfonamides is 1. The van der Waals surface area contributed by atoms with E-state index in [1.54, 1.807) is 0 Å². The number of hydrogen-bond acceptors (Lipinski definition) is 3. The zero-order valence-electron chi connectivity index (χ0n) is 10.6. The Hall–Kier alpha value is -1.14. The summed E-state index contributed by atoms with van der Waals surface area (Å²) in [6, 6.07) is 5.70. The monoisotopic (exact) mass is 287 g/mol. The van der Waals surface area contributed by atoms with E-state index in [0.717, 1.165) is 25.7 Å². The molecule has 0 spiro atoms. The molecule has 0 radical (unpaired) electrons. The summed E-state index contributed by atoms with van der Waals surface area (Å²) in [4.78, 5) is 0. The van der Waals surface area contributed by atoms with Gasteiger partial charge in [-0.3, -0.25) is 0 Å². The first-order chi connectivity index (χ1) is 8.89. The molecule has 0 amide bonds. The summed E-state index contributed by atoms with van der Waals surface area (Å²) >= 11 is 0. The van der Waals surface area contributed by atoms with Crippen molar-refractivity contribution in [2.75, 3.05) is 12.4 Å². The largest absolute Gasteiger partial charge is 0.493 e. The van der Waals surface area contributed by atoms with Crippen LogP contribution in [0.3, 0.4) is 0 Å². The quantitative estimate of drug-likeness (QED) is 0.901. The molecule has 4 nitrogen and oxygen atoms in total. The van der Waals surface area contributed by atoms with Gasteiger partial charge in [-0.15, -0.1) is 0 Å². The Bertz CT molecular complexity index is 521. The maximum atomic E-state index is 12.8. The summed E-state index contributed by atoms with van der Waals surface area (Å²) in [5.41, 5.74) is -0.401. The van der Waals surface area contributed by atoms with Crippen molar-refractivity contribution in [3.05, 3.63) is 30.1 Å². The lowest BCUT2D eigenvalue weighted by molar-refractivity contribution is 0.170. The number of hydrogen-bond donors (Lipinski definition) is 1. The van der Waals surface area contributed by atoms with Crippen LogP contribution in [0.5, 0.6) is 5.75 Å². The highest BCUT2D eigenvalue weighted by Crippen LogP contribution is 2.39. The molecule has 6 heteroatoms. The van der Waals surface area contributed by atoms with E-state index < -0.39 is 15.4 Å². The minimum absolute atomic E-state index is 0.0544. The van der Waals surface area contributed by atoms with Crippen molar-refractivity contribution in [3.8, 4) is 5.75 Å². The van der Waals surface area contributed by atoms with Crippen LogP contribution in [0, 0.1) is 11.2 Å². The van der Waals surface area contributed by atoms with Crippen LogP contribution in [-0.4, -0.2) is 20.8 Å². The van der Waals surface area contributed by atoms with Crippen molar-refractivity contribution in [2.24, 2.45) is 10.6 Å². The molecule has 1 aromatic carbocycles. The Kier molecular flexibility index (Phi) is 4.10. The molecule has 2 N–H and O–H groups in total. The van der Waals surface area contributed by atoms with Crippen LogP contribution < -0.4 is 9.88 Å². The average Bonchev–Trinajstić information content (AvgIpc) is 2.75. The third-order valence-electron chi connectivity index (χ3n) is 3.53. The van der Waals surface area contributed by atoms with E-state index in [1.165, 1.54) is 24.3 Å². The maximum Gasteiger partial charge on any atom is 0.209 e. The number of rotatable bonds is 5. The van der Waals surface area contributed by atoms with Crippen molar-refractivity contribution in [2.45, 2.75) is 25.7 Å². The summed E-state index contributed by atoms with van der Waals surface area (Å²) in [5, 5.41) is 5.16. The Morgan fingerprint density at radius 3 is 2.32 bits per heavy atom. The molecule has 1 fully saturated rings. The molecule has 0 atom stereocenters. The molecule has 0 saturated heterocycles. The lowest BCUT2D eigenvalue weighted by Crippen LogP contribution is -2.36. The third kappa shape index (κ3) is 4.18. The van der Waals surface area contributed by atoms with E-state index in [9.17, 15) is 12.8 Å². The van der Waals surface area contributed by atoms with Gasteiger partial charge in [0.2, 0.25) is 10.0 Å². The minimum Gasteiger partial charge on any atom is -0.493 e. The molecule has 106 valence electrons. The van der Waals surface area contributed by atoms with E-state index in [0.29, 0.717) is 12.4 Å². The van der Waals surface area contributed by atoms with Gasteiger partial charge in [-0.25, -0.2) is 17.9 Å². The summed E-state index contributed by atoms with van der Waals surface area (Å²) in [6.45, 7) is 0.301. The molecule has 19 heavy (non-hydrogen) atoms. The van der Waals surface area contributed by atoms with Gasteiger partial charge in [-0.2, -0.15) is 0 Å². The fourth-order valence-corrected chi connectivity index (χ4v) is 3.87. The molecule has 1 aliphatic rings. The second-order valence-electron chi connectivity index (χ2n) is 5.26. The summed E-state index contributed by atoms with van der Waals surface area (Å²) < 4.78 is 41.0. The number of benzene rings is 1. The Balaban J connectivity index is 2.03. The molecule has 1 aliphatic carbocycles. The van der Waals surface area contributed by atoms with Crippen LogP contribution in [-0.2, 0) is 10.0 Å². The number of sulfonamides is 1. The summed E-state index contributed by atoms with van der Waals surface area (Å²) in [6.07, 6.45) is 3.57. The van der Waals surface area contributed by atoms with Crippen molar-refractivity contribution in [1.29, 1.82) is 0 Å². The Morgan fingerprint density at radius 1 is 1.21 bits per heavy atom. The molecular formula is C13H18FNO3S. The van der Waals surface area contributed by atoms with Gasteiger partial charge in [0.25, 0.3) is 0 Å². The zero-order valence-corrected chi connectivity index (χ0v) is 11.5. The second kappa shape index (κ2) is 5.46. The average molecular weight is 287 g/mol. The smallest absolute Gasteiger partial charge is 0.209 e. The number of nitrogens with two attached hydrogens (primary N) is 1. The predicted octanol–water partition coefficient (Wildman–Crippen LogP) is 2.05. The SMILES string of the molecule is NS(=O)(=O)CC1(COc2ccc(F)cc2)CCCC1. The van der Waals surface area contributed by atoms with Crippen molar-refractivity contribution < 1.29 is 17.5 Å². The fraction of sp³-hybridized carbons (Fsp3) is 0.538. The Labute approximate surface area is 112 Å². The van der Waals surface area contributed by atoms with Crippen LogP contribution in [0.25, 0.3) is 0 Å². The van der Waals surface area contributed by atoms with E-state index in [-0.39, 0.29) is 11.6 Å². The molecule has 1 saturated carbocycles. The van der Waals surface area contributed by atoms with E-state index in [4.69, 9.17) is 9.88 Å². The first-order valence-corrected chi connectivity index (χ1v) is 7.99. The van der Waals surface area contributed by atoms with Crippen LogP contribution in [0.2, 0.25) is 0 Å². The highest BCUT2D eigenvalue weighted by Gasteiger charge is 2.38. The molecule has 0 bridgehead atoms. The highest BCUT2D eigenvalue weighted by molar-refractivity contribution is 7.89. The Morgan fingerprint density at radius 2 is 1.79 bits per heavy atom. The molecule has 0 aromatic heterocycles. The van der Waals surface area contributed by atoms with Gasteiger partial charge in [-0.05, 0) is 37.1 Å². The van der Waals surface area contributed by atoms with Crippen LogP contribution in [0.1, 0.15) is 25.7 Å². The summed E-state index contributed by atoms with van der Waals surface area (Å²) in [5.74, 6) is 0.163. The van der Waals surface area contributed by atoms with Crippen molar-refractivity contribution in [1.82, 2.24) is 0 Å². The van der Waals surface area contributed by atoms with E-state index >= 15 is 0 Å². The second-order valence-corrected chi connectivity index (χ2v) is 6.87. The first-order valence-electron chi connectivity index (χ1n) is 6.28. The lowest BCUT2D eigenvalue weighted by Gasteiger charge is -2.27. The standard InChI is InChI=1S/C13H18FNO3S/c14-11-3-5-12(6-4-11)18-9-13(7-1-2-8-13)10-19(15,16)17/h3-6H,1-2,7-10H2,(H2,15,16,17). The molecule has 0 aliphatic heterocycles. The van der Waals surface area contributed by atoms with Gasteiger partial charge < -0.3 is 4.74 Å². The third-order valence-corrected chi connectivity index (χ3v) is 4.54.